The van der Waals surface area contributed by atoms with Crippen molar-refractivity contribution >= 4 is 22.4 Å². The first-order valence-corrected chi connectivity index (χ1v) is 9.91. The molecule has 29 heavy (non-hydrogen) atoms. The van der Waals surface area contributed by atoms with Crippen LogP contribution in [0.3, 0.4) is 0 Å². The first kappa shape index (κ1) is 18.9. The maximum absolute atomic E-state index is 12.6. The molecule has 0 radical (unpaired) electrons. The predicted octanol–water partition coefficient (Wildman–Crippen LogP) is 4.55. The SMILES string of the molecule is Cc1ccc(Cc2sc(NC(=O)c3ccc(-c4ccco4)[nH]c3=O)nc2C)cc1. The summed E-state index contributed by atoms with van der Waals surface area (Å²) in [6.45, 7) is 3.97. The quantitative estimate of drug-likeness (QED) is 0.510. The lowest BCUT2D eigenvalue weighted by Gasteiger charge is -2.02. The van der Waals surface area contributed by atoms with E-state index < -0.39 is 11.5 Å². The van der Waals surface area contributed by atoms with Crippen LogP contribution in [0, 0.1) is 13.8 Å². The number of pyridine rings is 1. The number of thiazole rings is 1. The van der Waals surface area contributed by atoms with Crippen molar-refractivity contribution < 1.29 is 9.21 Å². The number of anilines is 1. The van der Waals surface area contributed by atoms with Gasteiger partial charge in [0, 0.05) is 11.3 Å². The van der Waals surface area contributed by atoms with Crippen LogP contribution in [0.2, 0.25) is 0 Å². The van der Waals surface area contributed by atoms with Gasteiger partial charge < -0.3 is 9.40 Å². The third kappa shape index (κ3) is 4.20. The van der Waals surface area contributed by atoms with Crippen LogP contribution in [0.4, 0.5) is 5.13 Å². The average Bonchev–Trinajstić information content (AvgIpc) is 3.34. The predicted molar refractivity (Wildman–Crippen MR) is 114 cm³/mol. The highest BCUT2D eigenvalue weighted by Gasteiger charge is 2.16. The molecule has 4 aromatic rings. The summed E-state index contributed by atoms with van der Waals surface area (Å²) >= 11 is 1.42. The average molecular weight is 405 g/mol. The van der Waals surface area contributed by atoms with E-state index in [2.05, 4.69) is 46.5 Å². The number of H-pyrrole nitrogens is 1. The minimum atomic E-state index is -0.493. The first-order valence-electron chi connectivity index (χ1n) is 9.10. The van der Waals surface area contributed by atoms with E-state index in [0.29, 0.717) is 16.6 Å². The van der Waals surface area contributed by atoms with E-state index in [1.165, 1.54) is 34.8 Å². The minimum absolute atomic E-state index is 0.0215. The van der Waals surface area contributed by atoms with Gasteiger partial charge in [0.2, 0.25) is 0 Å². The molecule has 1 aromatic carbocycles. The third-order valence-electron chi connectivity index (χ3n) is 4.54. The Morgan fingerprint density at radius 2 is 1.93 bits per heavy atom. The summed E-state index contributed by atoms with van der Waals surface area (Å²) in [5, 5.41) is 3.21. The van der Waals surface area contributed by atoms with Gasteiger partial charge in [-0.15, -0.1) is 11.3 Å². The van der Waals surface area contributed by atoms with Crippen molar-refractivity contribution in [3.05, 3.63) is 92.4 Å². The number of carbonyl (C=O) groups is 1. The number of hydrogen-bond donors (Lipinski definition) is 2. The second-order valence-corrected chi connectivity index (χ2v) is 7.82. The van der Waals surface area contributed by atoms with Crippen LogP contribution < -0.4 is 10.9 Å². The summed E-state index contributed by atoms with van der Waals surface area (Å²) in [6, 6.07) is 14.9. The molecule has 0 aliphatic heterocycles. The summed E-state index contributed by atoms with van der Waals surface area (Å²) in [5.74, 6) is 0.0400. The summed E-state index contributed by atoms with van der Waals surface area (Å²) in [4.78, 5) is 33.1. The molecule has 4 rings (SSSR count). The fourth-order valence-corrected chi connectivity index (χ4v) is 3.92. The van der Waals surface area contributed by atoms with E-state index in [0.717, 1.165) is 17.0 Å². The van der Waals surface area contributed by atoms with Gasteiger partial charge in [-0.05, 0) is 43.7 Å². The topological polar surface area (TPSA) is 88.0 Å². The molecular formula is C22H19N3O3S. The Morgan fingerprint density at radius 1 is 1.14 bits per heavy atom. The Hall–Kier alpha value is -3.45. The Morgan fingerprint density at radius 3 is 2.62 bits per heavy atom. The van der Waals surface area contributed by atoms with Crippen molar-refractivity contribution in [3.8, 4) is 11.5 Å². The van der Waals surface area contributed by atoms with Crippen molar-refractivity contribution in [3.63, 3.8) is 0 Å². The molecule has 0 saturated carbocycles. The molecule has 3 heterocycles. The molecule has 0 aliphatic carbocycles. The van der Waals surface area contributed by atoms with E-state index in [1.807, 2.05) is 6.92 Å². The van der Waals surface area contributed by atoms with Crippen LogP contribution in [0.5, 0.6) is 0 Å². The smallest absolute Gasteiger partial charge is 0.263 e. The lowest BCUT2D eigenvalue weighted by atomic mass is 10.1. The minimum Gasteiger partial charge on any atom is -0.463 e. The van der Waals surface area contributed by atoms with E-state index >= 15 is 0 Å². The number of amides is 1. The second kappa shape index (κ2) is 7.89. The lowest BCUT2D eigenvalue weighted by molar-refractivity contribution is 0.102. The molecule has 0 saturated heterocycles. The van der Waals surface area contributed by atoms with Gasteiger partial charge in [-0.25, -0.2) is 4.98 Å². The van der Waals surface area contributed by atoms with Gasteiger partial charge in [0.05, 0.1) is 17.7 Å². The van der Waals surface area contributed by atoms with Crippen LogP contribution in [0.15, 0.2) is 64.0 Å². The molecule has 7 heteroatoms. The highest BCUT2D eigenvalue weighted by atomic mass is 32.1. The summed E-state index contributed by atoms with van der Waals surface area (Å²) < 4.78 is 5.26. The Kier molecular flexibility index (Phi) is 5.14. The fraction of sp³-hybridized carbons (Fsp3) is 0.136. The Balaban J connectivity index is 1.50. The molecule has 3 aromatic heterocycles. The molecule has 0 aliphatic rings. The number of aryl methyl sites for hydroxylation is 2. The number of aromatic amines is 1. The van der Waals surface area contributed by atoms with Crippen molar-refractivity contribution in [1.29, 1.82) is 0 Å². The zero-order valence-electron chi connectivity index (χ0n) is 16.0. The van der Waals surface area contributed by atoms with Crippen molar-refractivity contribution in [1.82, 2.24) is 9.97 Å². The van der Waals surface area contributed by atoms with Gasteiger partial charge in [-0.3, -0.25) is 14.9 Å². The lowest BCUT2D eigenvalue weighted by Crippen LogP contribution is -2.23. The third-order valence-corrected chi connectivity index (χ3v) is 5.61. The number of nitrogens with one attached hydrogen (secondary N) is 2. The van der Waals surface area contributed by atoms with E-state index in [-0.39, 0.29) is 5.56 Å². The van der Waals surface area contributed by atoms with Crippen molar-refractivity contribution in [2.24, 2.45) is 0 Å². The van der Waals surface area contributed by atoms with Gasteiger partial charge in [0.1, 0.15) is 11.3 Å². The zero-order valence-corrected chi connectivity index (χ0v) is 16.8. The highest BCUT2D eigenvalue weighted by Crippen LogP contribution is 2.26. The first-order chi connectivity index (χ1) is 14.0. The number of carbonyl (C=O) groups excluding carboxylic acids is 1. The van der Waals surface area contributed by atoms with Gasteiger partial charge in [-0.2, -0.15) is 0 Å². The zero-order chi connectivity index (χ0) is 20.4. The number of rotatable bonds is 5. The molecule has 0 unspecified atom stereocenters. The van der Waals surface area contributed by atoms with Crippen molar-refractivity contribution in [2.75, 3.05) is 5.32 Å². The maximum atomic E-state index is 12.6. The van der Waals surface area contributed by atoms with Crippen LogP contribution in [0.1, 0.15) is 32.1 Å². The van der Waals surface area contributed by atoms with Gasteiger partial charge in [-0.1, -0.05) is 29.8 Å². The van der Waals surface area contributed by atoms with Gasteiger partial charge in [0.15, 0.2) is 5.13 Å². The second-order valence-electron chi connectivity index (χ2n) is 6.74. The highest BCUT2D eigenvalue weighted by molar-refractivity contribution is 7.15. The number of aromatic nitrogens is 2. The fourth-order valence-electron chi connectivity index (χ4n) is 2.93. The molecule has 2 N–H and O–H groups in total. The normalized spacial score (nSPS) is 10.8. The van der Waals surface area contributed by atoms with E-state index in [9.17, 15) is 9.59 Å². The number of furan rings is 1. The van der Waals surface area contributed by atoms with Gasteiger partial charge >= 0.3 is 0 Å². The molecule has 0 spiro atoms. The van der Waals surface area contributed by atoms with Crippen LogP contribution in [0.25, 0.3) is 11.5 Å². The monoisotopic (exact) mass is 405 g/mol. The molecule has 0 atom stereocenters. The maximum Gasteiger partial charge on any atom is 0.263 e. The largest absolute Gasteiger partial charge is 0.463 e. The number of benzene rings is 1. The van der Waals surface area contributed by atoms with Crippen molar-refractivity contribution in [2.45, 2.75) is 20.3 Å². The molecule has 1 amide bonds. The molecule has 0 fully saturated rings. The number of nitrogens with zero attached hydrogens (tertiary/aromatic N) is 1. The van der Waals surface area contributed by atoms with Crippen LogP contribution in [-0.2, 0) is 6.42 Å². The van der Waals surface area contributed by atoms with E-state index in [4.69, 9.17) is 4.42 Å². The molecular weight excluding hydrogens is 386 g/mol. The van der Waals surface area contributed by atoms with Crippen LogP contribution >= 0.6 is 11.3 Å². The standard InChI is InChI=1S/C22H19N3O3S/c1-13-5-7-15(8-6-13)12-19-14(2)23-22(29-19)25-21(27)16-9-10-17(24-20(16)26)18-4-3-11-28-18/h3-11H,12H2,1-2H3,(H,24,26)(H,23,25,27). The Labute approximate surface area is 171 Å². The van der Waals surface area contributed by atoms with E-state index in [1.54, 1.807) is 18.2 Å². The summed E-state index contributed by atoms with van der Waals surface area (Å²) in [6.07, 6.45) is 2.27. The number of hydrogen-bond acceptors (Lipinski definition) is 5. The summed E-state index contributed by atoms with van der Waals surface area (Å²) in [7, 11) is 0. The molecule has 6 nitrogen and oxygen atoms in total. The Bertz CT molecular complexity index is 1210. The van der Waals surface area contributed by atoms with Crippen LogP contribution in [-0.4, -0.2) is 15.9 Å². The molecule has 0 bridgehead atoms. The molecule has 146 valence electrons. The van der Waals surface area contributed by atoms with Gasteiger partial charge in [0.25, 0.3) is 11.5 Å². The summed E-state index contributed by atoms with van der Waals surface area (Å²) in [5.41, 5.74) is 3.32.